The van der Waals surface area contributed by atoms with Crippen molar-refractivity contribution in [2.45, 2.75) is 12.5 Å². The van der Waals surface area contributed by atoms with Gasteiger partial charge < -0.3 is 9.73 Å². The molecule has 0 unspecified atom stereocenters. The van der Waals surface area contributed by atoms with Crippen molar-refractivity contribution >= 4 is 17.5 Å². The van der Waals surface area contributed by atoms with Crippen LogP contribution in [0.1, 0.15) is 23.1 Å². The van der Waals surface area contributed by atoms with Crippen molar-refractivity contribution in [1.82, 2.24) is 15.5 Å². The molecule has 7 heteroatoms. The molecule has 0 aliphatic carbocycles. The lowest BCUT2D eigenvalue weighted by Gasteiger charge is -2.16. The van der Waals surface area contributed by atoms with Crippen LogP contribution in [0.2, 0.25) is 5.02 Å². The Hall–Kier alpha value is -3.51. The number of benzene rings is 3. The van der Waals surface area contributed by atoms with Crippen molar-refractivity contribution < 1.29 is 13.6 Å². The van der Waals surface area contributed by atoms with E-state index in [-0.39, 0.29) is 24.0 Å². The van der Waals surface area contributed by atoms with E-state index in [9.17, 15) is 9.18 Å². The zero-order valence-electron chi connectivity index (χ0n) is 15.8. The monoisotopic (exact) mass is 421 g/mol. The van der Waals surface area contributed by atoms with Crippen molar-refractivity contribution in [1.29, 1.82) is 0 Å². The quantitative estimate of drug-likeness (QED) is 0.477. The van der Waals surface area contributed by atoms with Crippen LogP contribution in [0.25, 0.3) is 11.5 Å². The summed E-state index contributed by atoms with van der Waals surface area (Å²) in [6.45, 7) is 0. The first-order chi connectivity index (χ1) is 14.6. The topological polar surface area (TPSA) is 68.0 Å². The highest BCUT2D eigenvalue weighted by Gasteiger charge is 2.23. The number of aromatic nitrogens is 2. The molecule has 0 spiro atoms. The van der Waals surface area contributed by atoms with Crippen LogP contribution < -0.4 is 5.32 Å². The summed E-state index contributed by atoms with van der Waals surface area (Å²) in [4.78, 5) is 12.7. The molecule has 3 aromatic carbocycles. The normalized spacial score (nSPS) is 11.8. The lowest BCUT2D eigenvalue weighted by Crippen LogP contribution is -2.30. The first kappa shape index (κ1) is 19.8. The molecule has 0 radical (unpaired) electrons. The number of carbonyl (C=O) groups is 1. The van der Waals surface area contributed by atoms with E-state index in [0.29, 0.717) is 16.5 Å². The average molecular weight is 422 g/mol. The van der Waals surface area contributed by atoms with Crippen LogP contribution in [-0.4, -0.2) is 16.1 Å². The Balaban J connectivity index is 1.60. The van der Waals surface area contributed by atoms with Crippen LogP contribution in [0, 0.1) is 5.82 Å². The molecule has 150 valence electrons. The van der Waals surface area contributed by atoms with Crippen LogP contribution in [-0.2, 0) is 11.2 Å². The lowest BCUT2D eigenvalue weighted by atomic mass is 10.1. The van der Waals surface area contributed by atoms with Crippen LogP contribution in [0.3, 0.4) is 0 Å². The van der Waals surface area contributed by atoms with E-state index in [1.807, 2.05) is 30.3 Å². The molecule has 0 aliphatic rings. The van der Waals surface area contributed by atoms with Gasteiger partial charge in [0.1, 0.15) is 11.9 Å². The van der Waals surface area contributed by atoms with Crippen molar-refractivity contribution in [2.75, 3.05) is 0 Å². The maximum Gasteiger partial charge on any atom is 0.247 e. The lowest BCUT2D eigenvalue weighted by molar-refractivity contribution is -0.121. The van der Waals surface area contributed by atoms with Gasteiger partial charge in [0.05, 0.1) is 6.42 Å². The minimum atomic E-state index is -0.713. The van der Waals surface area contributed by atoms with Gasteiger partial charge in [0.15, 0.2) is 0 Å². The van der Waals surface area contributed by atoms with Gasteiger partial charge in [-0.1, -0.05) is 54.1 Å². The zero-order valence-corrected chi connectivity index (χ0v) is 16.5. The Morgan fingerprint density at radius 1 is 0.967 bits per heavy atom. The summed E-state index contributed by atoms with van der Waals surface area (Å²) in [5.41, 5.74) is 2.20. The van der Waals surface area contributed by atoms with Gasteiger partial charge in [-0.25, -0.2) is 4.39 Å². The third-order valence-electron chi connectivity index (χ3n) is 4.49. The summed E-state index contributed by atoms with van der Waals surface area (Å²) in [5, 5.41) is 11.7. The van der Waals surface area contributed by atoms with Crippen LogP contribution in [0.5, 0.6) is 0 Å². The highest BCUT2D eigenvalue weighted by molar-refractivity contribution is 6.30. The molecule has 1 aromatic heterocycles. The molecule has 1 N–H and O–H groups in total. The fourth-order valence-electron chi connectivity index (χ4n) is 2.99. The summed E-state index contributed by atoms with van der Waals surface area (Å²) in [5.74, 6) is -0.0683. The molecule has 1 amide bonds. The fourth-order valence-corrected chi connectivity index (χ4v) is 3.12. The smallest absolute Gasteiger partial charge is 0.247 e. The summed E-state index contributed by atoms with van der Waals surface area (Å²) < 4.78 is 19.2. The Labute approximate surface area is 177 Å². The van der Waals surface area contributed by atoms with Gasteiger partial charge >= 0.3 is 0 Å². The molecule has 0 fully saturated rings. The van der Waals surface area contributed by atoms with Crippen LogP contribution in [0.15, 0.2) is 83.3 Å². The van der Waals surface area contributed by atoms with E-state index in [4.69, 9.17) is 16.0 Å². The number of carbonyl (C=O) groups excluding carboxylic acids is 1. The highest BCUT2D eigenvalue weighted by atomic mass is 35.5. The third-order valence-corrected chi connectivity index (χ3v) is 4.75. The molecule has 1 heterocycles. The van der Waals surface area contributed by atoms with E-state index in [1.165, 1.54) is 12.1 Å². The number of amides is 1. The SMILES string of the molecule is O=C(Cc1ccc(Cl)cc1)N[C@H](c1ccc(F)cc1)c1nnc(-c2ccccc2)o1. The predicted octanol–water partition coefficient (Wildman–Crippen LogP) is 4.98. The van der Waals surface area contributed by atoms with Gasteiger partial charge in [0.2, 0.25) is 17.7 Å². The van der Waals surface area contributed by atoms with Gasteiger partial charge in [-0.2, -0.15) is 0 Å². The molecule has 0 aliphatic heterocycles. The van der Waals surface area contributed by atoms with Gasteiger partial charge in [0, 0.05) is 10.6 Å². The maximum atomic E-state index is 13.4. The Morgan fingerprint density at radius 2 is 1.67 bits per heavy atom. The number of nitrogens with zero attached hydrogens (tertiary/aromatic N) is 2. The average Bonchev–Trinajstić information content (AvgIpc) is 3.25. The number of nitrogens with one attached hydrogen (secondary N) is 1. The number of hydrogen-bond donors (Lipinski definition) is 1. The highest BCUT2D eigenvalue weighted by Crippen LogP contribution is 2.25. The molecule has 1 atom stereocenters. The van der Waals surface area contributed by atoms with Gasteiger partial charge in [0.25, 0.3) is 0 Å². The maximum absolute atomic E-state index is 13.4. The second-order valence-electron chi connectivity index (χ2n) is 6.67. The van der Waals surface area contributed by atoms with E-state index in [1.54, 1.807) is 36.4 Å². The fraction of sp³-hybridized carbons (Fsp3) is 0.0870. The van der Waals surface area contributed by atoms with E-state index in [0.717, 1.165) is 11.1 Å². The Kier molecular flexibility index (Phi) is 5.86. The van der Waals surface area contributed by atoms with Gasteiger partial charge in [-0.05, 0) is 47.5 Å². The number of hydrogen-bond acceptors (Lipinski definition) is 4. The second-order valence-corrected chi connectivity index (χ2v) is 7.10. The van der Waals surface area contributed by atoms with E-state index in [2.05, 4.69) is 15.5 Å². The summed E-state index contributed by atoms with van der Waals surface area (Å²) >= 11 is 5.90. The van der Waals surface area contributed by atoms with Crippen molar-refractivity contribution in [3.05, 3.63) is 107 Å². The van der Waals surface area contributed by atoms with Crippen LogP contribution in [0.4, 0.5) is 4.39 Å². The minimum Gasteiger partial charge on any atom is -0.418 e. The molecule has 4 aromatic rings. The van der Waals surface area contributed by atoms with Crippen molar-refractivity contribution in [3.63, 3.8) is 0 Å². The first-order valence-electron chi connectivity index (χ1n) is 9.26. The Morgan fingerprint density at radius 3 is 2.37 bits per heavy atom. The Bertz CT molecular complexity index is 1130. The molecule has 0 saturated heterocycles. The van der Waals surface area contributed by atoms with Gasteiger partial charge in [-0.3, -0.25) is 4.79 Å². The number of halogens is 2. The molecule has 4 rings (SSSR count). The van der Waals surface area contributed by atoms with E-state index < -0.39 is 6.04 Å². The van der Waals surface area contributed by atoms with Crippen molar-refractivity contribution in [3.8, 4) is 11.5 Å². The molecular formula is C23H17ClFN3O2. The summed E-state index contributed by atoms with van der Waals surface area (Å²) in [6, 6.07) is 21.4. The largest absolute Gasteiger partial charge is 0.418 e. The zero-order chi connectivity index (χ0) is 20.9. The summed E-state index contributed by atoms with van der Waals surface area (Å²) in [6.07, 6.45) is 0.147. The molecule has 5 nitrogen and oxygen atoms in total. The van der Waals surface area contributed by atoms with Gasteiger partial charge in [-0.15, -0.1) is 10.2 Å². The second kappa shape index (κ2) is 8.88. The molecular weight excluding hydrogens is 405 g/mol. The summed E-state index contributed by atoms with van der Waals surface area (Å²) in [7, 11) is 0. The molecule has 0 bridgehead atoms. The first-order valence-corrected chi connectivity index (χ1v) is 9.64. The minimum absolute atomic E-state index is 0.147. The molecule has 0 saturated carbocycles. The standard InChI is InChI=1S/C23H17ClFN3O2/c24-18-10-6-15(7-11-18)14-20(29)26-21(16-8-12-19(25)13-9-16)23-28-27-22(30-23)17-4-2-1-3-5-17/h1-13,21H,14H2,(H,26,29)/t21-/m1/s1. The van der Waals surface area contributed by atoms with Crippen molar-refractivity contribution in [2.24, 2.45) is 0 Å². The third kappa shape index (κ3) is 4.72. The van der Waals surface area contributed by atoms with Crippen LogP contribution >= 0.6 is 11.6 Å². The number of rotatable bonds is 6. The predicted molar refractivity (Wildman–Crippen MR) is 111 cm³/mol. The van der Waals surface area contributed by atoms with E-state index >= 15 is 0 Å². The molecule has 30 heavy (non-hydrogen) atoms.